The predicted molar refractivity (Wildman–Crippen MR) is 57.0 cm³/mol. The van der Waals surface area contributed by atoms with Crippen LogP contribution in [-0.4, -0.2) is 10.1 Å². The quantitative estimate of drug-likeness (QED) is 0.766. The number of nitrogens with two attached hydrogens (primary N) is 1. The third kappa shape index (κ3) is 1.98. The third-order valence-electron chi connectivity index (χ3n) is 2.02. The van der Waals surface area contributed by atoms with E-state index in [1.165, 1.54) is 29.5 Å². The molecule has 1 heterocycles. The summed E-state index contributed by atoms with van der Waals surface area (Å²) < 4.78 is 12.9. The highest BCUT2D eigenvalue weighted by atomic mass is 32.1. The van der Waals surface area contributed by atoms with Crippen molar-refractivity contribution < 1.29 is 9.50 Å². The van der Waals surface area contributed by atoms with Crippen LogP contribution in [0.25, 0.3) is 0 Å². The molecule has 0 amide bonds. The van der Waals surface area contributed by atoms with Crippen molar-refractivity contribution >= 4 is 17.0 Å². The Morgan fingerprint density at radius 3 is 2.87 bits per heavy atom. The molecule has 3 nitrogen and oxygen atoms in total. The Hall–Kier alpha value is -1.46. The molecule has 0 bridgehead atoms. The summed E-state index contributed by atoms with van der Waals surface area (Å²) in [6, 6.07) is 4.15. The molecule has 0 spiro atoms. The Morgan fingerprint density at radius 1 is 1.47 bits per heavy atom. The molecule has 0 aliphatic heterocycles. The SMILES string of the molecule is Nc1cc(C(O)c2nccs2)ccc1F. The molecule has 0 fully saturated rings. The Bertz CT molecular complexity index is 458. The van der Waals surface area contributed by atoms with E-state index < -0.39 is 11.9 Å². The van der Waals surface area contributed by atoms with Gasteiger partial charge in [-0.05, 0) is 17.7 Å². The van der Waals surface area contributed by atoms with Crippen LogP contribution in [0.5, 0.6) is 0 Å². The van der Waals surface area contributed by atoms with E-state index in [0.29, 0.717) is 10.6 Å². The van der Waals surface area contributed by atoms with Crippen molar-refractivity contribution in [2.75, 3.05) is 5.73 Å². The Morgan fingerprint density at radius 2 is 2.27 bits per heavy atom. The number of benzene rings is 1. The molecule has 1 unspecified atom stereocenters. The van der Waals surface area contributed by atoms with Crippen LogP contribution in [0.1, 0.15) is 16.7 Å². The van der Waals surface area contributed by atoms with Gasteiger partial charge in [-0.15, -0.1) is 11.3 Å². The van der Waals surface area contributed by atoms with Gasteiger partial charge in [0.2, 0.25) is 0 Å². The molecule has 1 atom stereocenters. The second-order valence-corrected chi connectivity index (χ2v) is 3.98. The zero-order valence-corrected chi connectivity index (χ0v) is 8.54. The molecule has 2 rings (SSSR count). The summed E-state index contributed by atoms with van der Waals surface area (Å²) in [7, 11) is 0. The van der Waals surface area contributed by atoms with Gasteiger partial charge in [0.25, 0.3) is 0 Å². The number of nitrogen functional groups attached to an aromatic ring is 1. The Kier molecular flexibility index (Phi) is 2.66. The molecule has 1 aromatic carbocycles. The van der Waals surface area contributed by atoms with Crippen LogP contribution >= 0.6 is 11.3 Å². The van der Waals surface area contributed by atoms with Crippen molar-refractivity contribution in [1.82, 2.24) is 4.98 Å². The zero-order valence-electron chi connectivity index (χ0n) is 7.72. The molecule has 0 radical (unpaired) electrons. The molecule has 0 aliphatic carbocycles. The summed E-state index contributed by atoms with van der Waals surface area (Å²) >= 11 is 1.34. The number of aliphatic hydroxyl groups excluding tert-OH is 1. The van der Waals surface area contributed by atoms with Gasteiger partial charge >= 0.3 is 0 Å². The molecule has 15 heavy (non-hydrogen) atoms. The maximum absolute atomic E-state index is 12.9. The molecular weight excluding hydrogens is 215 g/mol. The standard InChI is InChI=1S/C10H9FN2OS/c11-7-2-1-6(5-8(7)12)9(14)10-13-3-4-15-10/h1-5,9,14H,12H2. The van der Waals surface area contributed by atoms with E-state index in [2.05, 4.69) is 4.98 Å². The minimum Gasteiger partial charge on any atom is -0.396 e. The number of rotatable bonds is 2. The highest BCUT2D eigenvalue weighted by Gasteiger charge is 2.13. The summed E-state index contributed by atoms with van der Waals surface area (Å²) in [6.07, 6.45) is 0.767. The minimum absolute atomic E-state index is 0.0307. The minimum atomic E-state index is -0.840. The van der Waals surface area contributed by atoms with Gasteiger partial charge in [-0.3, -0.25) is 0 Å². The molecule has 3 N–H and O–H groups in total. The highest BCUT2D eigenvalue weighted by molar-refractivity contribution is 7.09. The second-order valence-electron chi connectivity index (χ2n) is 3.05. The normalized spacial score (nSPS) is 12.7. The van der Waals surface area contributed by atoms with Gasteiger partial charge in [-0.1, -0.05) is 6.07 Å². The van der Waals surface area contributed by atoms with E-state index in [0.717, 1.165) is 0 Å². The number of nitrogens with zero attached hydrogens (tertiary/aromatic N) is 1. The number of thiazole rings is 1. The van der Waals surface area contributed by atoms with Gasteiger partial charge in [0.15, 0.2) is 0 Å². The largest absolute Gasteiger partial charge is 0.396 e. The lowest BCUT2D eigenvalue weighted by Gasteiger charge is -2.08. The highest BCUT2D eigenvalue weighted by Crippen LogP contribution is 2.25. The molecule has 78 valence electrons. The number of halogens is 1. The third-order valence-corrected chi connectivity index (χ3v) is 2.85. The summed E-state index contributed by atoms with van der Waals surface area (Å²) in [6.45, 7) is 0. The molecule has 0 saturated carbocycles. The van der Waals surface area contributed by atoms with Crippen molar-refractivity contribution in [3.8, 4) is 0 Å². The summed E-state index contributed by atoms with van der Waals surface area (Å²) in [5.74, 6) is -0.481. The monoisotopic (exact) mass is 224 g/mol. The number of aliphatic hydroxyl groups is 1. The fraction of sp³-hybridized carbons (Fsp3) is 0.100. The lowest BCUT2D eigenvalue weighted by atomic mass is 10.1. The average Bonchev–Trinajstić information content (AvgIpc) is 2.74. The van der Waals surface area contributed by atoms with Crippen molar-refractivity contribution in [3.63, 3.8) is 0 Å². The Labute approximate surface area is 90.0 Å². The van der Waals surface area contributed by atoms with Crippen molar-refractivity contribution in [2.45, 2.75) is 6.10 Å². The van der Waals surface area contributed by atoms with Crippen molar-refractivity contribution in [1.29, 1.82) is 0 Å². The van der Waals surface area contributed by atoms with Gasteiger partial charge < -0.3 is 10.8 Å². The maximum Gasteiger partial charge on any atom is 0.146 e. The number of hydrogen-bond donors (Lipinski definition) is 2. The fourth-order valence-electron chi connectivity index (χ4n) is 1.24. The number of hydrogen-bond acceptors (Lipinski definition) is 4. The Balaban J connectivity index is 2.34. The molecule has 0 aliphatic rings. The van der Waals surface area contributed by atoms with Crippen LogP contribution in [0.4, 0.5) is 10.1 Å². The molecule has 1 aromatic heterocycles. The van der Waals surface area contributed by atoms with E-state index >= 15 is 0 Å². The predicted octanol–water partition coefficient (Wildman–Crippen LogP) is 1.95. The molecule has 2 aromatic rings. The van der Waals surface area contributed by atoms with E-state index in [-0.39, 0.29) is 5.69 Å². The zero-order chi connectivity index (χ0) is 10.8. The summed E-state index contributed by atoms with van der Waals surface area (Å²) in [5, 5.41) is 12.2. The van der Waals surface area contributed by atoms with Crippen LogP contribution in [0, 0.1) is 5.82 Å². The number of anilines is 1. The lowest BCUT2D eigenvalue weighted by molar-refractivity contribution is 0.219. The first-order valence-corrected chi connectivity index (χ1v) is 5.19. The first-order chi connectivity index (χ1) is 7.18. The van der Waals surface area contributed by atoms with Crippen LogP contribution in [-0.2, 0) is 0 Å². The van der Waals surface area contributed by atoms with Gasteiger partial charge in [0, 0.05) is 11.6 Å². The first kappa shape index (κ1) is 10.1. The topological polar surface area (TPSA) is 59.1 Å². The van der Waals surface area contributed by atoms with Crippen LogP contribution < -0.4 is 5.73 Å². The fourth-order valence-corrected chi connectivity index (χ4v) is 1.89. The smallest absolute Gasteiger partial charge is 0.146 e. The van der Waals surface area contributed by atoms with Crippen molar-refractivity contribution in [2.24, 2.45) is 0 Å². The van der Waals surface area contributed by atoms with Crippen LogP contribution in [0.2, 0.25) is 0 Å². The molecular formula is C10H9FN2OS. The first-order valence-electron chi connectivity index (χ1n) is 4.31. The van der Waals surface area contributed by atoms with E-state index in [9.17, 15) is 9.50 Å². The van der Waals surface area contributed by atoms with E-state index in [1.54, 1.807) is 11.6 Å². The van der Waals surface area contributed by atoms with E-state index in [4.69, 9.17) is 5.73 Å². The average molecular weight is 224 g/mol. The maximum atomic E-state index is 12.9. The summed E-state index contributed by atoms with van der Waals surface area (Å²) in [5.41, 5.74) is 5.98. The second kappa shape index (κ2) is 3.96. The van der Waals surface area contributed by atoms with Gasteiger partial charge in [0.05, 0.1) is 5.69 Å². The van der Waals surface area contributed by atoms with Crippen LogP contribution in [0.15, 0.2) is 29.8 Å². The van der Waals surface area contributed by atoms with Gasteiger partial charge in [0.1, 0.15) is 16.9 Å². The van der Waals surface area contributed by atoms with Crippen LogP contribution in [0.3, 0.4) is 0 Å². The van der Waals surface area contributed by atoms with Crippen molar-refractivity contribution in [3.05, 3.63) is 46.2 Å². The molecule has 5 heteroatoms. The molecule has 0 saturated heterocycles. The summed E-state index contributed by atoms with van der Waals surface area (Å²) in [4.78, 5) is 3.98. The number of aromatic nitrogens is 1. The van der Waals surface area contributed by atoms with E-state index in [1.807, 2.05) is 0 Å². The van der Waals surface area contributed by atoms with Gasteiger partial charge in [-0.25, -0.2) is 9.37 Å². The lowest BCUT2D eigenvalue weighted by Crippen LogP contribution is -2.01. The van der Waals surface area contributed by atoms with Gasteiger partial charge in [-0.2, -0.15) is 0 Å².